The first kappa shape index (κ1) is 13.0. The van der Waals surface area contributed by atoms with E-state index in [1.54, 1.807) is 0 Å². The third-order valence-electron chi connectivity index (χ3n) is 2.73. The van der Waals surface area contributed by atoms with E-state index in [-0.39, 0.29) is 0 Å². The van der Waals surface area contributed by atoms with Crippen LogP contribution in [0.3, 0.4) is 0 Å². The first-order valence-electron chi connectivity index (χ1n) is 6.09. The third kappa shape index (κ3) is 3.49. The van der Waals surface area contributed by atoms with Crippen LogP contribution in [0.15, 0.2) is 18.3 Å². The van der Waals surface area contributed by atoms with Gasteiger partial charge in [0.15, 0.2) is 0 Å². The van der Waals surface area contributed by atoms with Crippen LogP contribution < -0.4 is 10.2 Å². The maximum Gasteiger partial charge on any atom is 0.128 e. The summed E-state index contributed by atoms with van der Waals surface area (Å²) in [7, 11) is 2.08. The fraction of sp³-hybridized carbons (Fsp3) is 0.615. The highest BCUT2D eigenvalue weighted by Crippen LogP contribution is 2.15. The SMILES string of the molecule is CCCN(C)c1ccc(C(C)NCC)cn1. The van der Waals surface area contributed by atoms with Crippen LogP contribution in [0.1, 0.15) is 38.8 Å². The monoisotopic (exact) mass is 221 g/mol. The number of nitrogens with zero attached hydrogens (tertiary/aromatic N) is 2. The zero-order valence-electron chi connectivity index (χ0n) is 10.8. The zero-order chi connectivity index (χ0) is 12.0. The minimum Gasteiger partial charge on any atom is -0.360 e. The molecule has 1 aromatic rings. The number of anilines is 1. The highest BCUT2D eigenvalue weighted by molar-refractivity contribution is 5.38. The summed E-state index contributed by atoms with van der Waals surface area (Å²) in [6.45, 7) is 8.50. The van der Waals surface area contributed by atoms with Gasteiger partial charge in [-0.2, -0.15) is 0 Å². The number of aromatic nitrogens is 1. The van der Waals surface area contributed by atoms with Crippen molar-refractivity contribution in [3.63, 3.8) is 0 Å². The van der Waals surface area contributed by atoms with E-state index in [0.29, 0.717) is 6.04 Å². The van der Waals surface area contributed by atoms with Gasteiger partial charge in [0, 0.05) is 25.8 Å². The van der Waals surface area contributed by atoms with Crippen LogP contribution in [0.2, 0.25) is 0 Å². The van der Waals surface area contributed by atoms with E-state index in [1.165, 1.54) is 5.56 Å². The molecule has 0 radical (unpaired) electrons. The van der Waals surface area contributed by atoms with Gasteiger partial charge in [-0.1, -0.05) is 19.9 Å². The largest absolute Gasteiger partial charge is 0.360 e. The molecule has 1 heterocycles. The van der Waals surface area contributed by atoms with Gasteiger partial charge in [-0.05, 0) is 31.5 Å². The van der Waals surface area contributed by atoms with Crippen molar-refractivity contribution in [3.05, 3.63) is 23.9 Å². The summed E-state index contributed by atoms with van der Waals surface area (Å²) in [5.41, 5.74) is 1.25. The molecule has 0 spiro atoms. The van der Waals surface area contributed by atoms with Gasteiger partial charge in [-0.15, -0.1) is 0 Å². The summed E-state index contributed by atoms with van der Waals surface area (Å²) in [6.07, 6.45) is 3.11. The summed E-state index contributed by atoms with van der Waals surface area (Å²) in [4.78, 5) is 6.67. The fourth-order valence-corrected chi connectivity index (χ4v) is 1.75. The lowest BCUT2D eigenvalue weighted by Gasteiger charge is -2.18. The molecule has 0 aliphatic heterocycles. The molecule has 3 nitrogen and oxygen atoms in total. The molecule has 16 heavy (non-hydrogen) atoms. The van der Waals surface area contributed by atoms with E-state index in [4.69, 9.17) is 0 Å². The van der Waals surface area contributed by atoms with Crippen molar-refractivity contribution >= 4 is 5.82 Å². The third-order valence-corrected chi connectivity index (χ3v) is 2.73. The van der Waals surface area contributed by atoms with Crippen LogP contribution >= 0.6 is 0 Å². The minimum atomic E-state index is 0.378. The second-order valence-electron chi connectivity index (χ2n) is 4.15. The smallest absolute Gasteiger partial charge is 0.128 e. The number of hydrogen-bond donors (Lipinski definition) is 1. The molecule has 1 atom stereocenters. The molecule has 0 fully saturated rings. The Labute approximate surface area is 98.9 Å². The van der Waals surface area contributed by atoms with Crippen molar-refractivity contribution < 1.29 is 0 Å². The van der Waals surface area contributed by atoms with Crippen LogP contribution in [0.25, 0.3) is 0 Å². The van der Waals surface area contributed by atoms with E-state index >= 15 is 0 Å². The van der Waals surface area contributed by atoms with Crippen molar-refractivity contribution in [3.8, 4) is 0 Å². The van der Waals surface area contributed by atoms with Crippen LogP contribution in [-0.2, 0) is 0 Å². The Morgan fingerprint density at radius 2 is 2.12 bits per heavy atom. The Morgan fingerprint density at radius 1 is 1.38 bits per heavy atom. The lowest BCUT2D eigenvalue weighted by molar-refractivity contribution is 0.596. The molecular weight excluding hydrogens is 198 g/mol. The predicted octanol–water partition coefficient (Wildman–Crippen LogP) is 2.60. The lowest BCUT2D eigenvalue weighted by atomic mass is 10.1. The summed E-state index contributed by atoms with van der Waals surface area (Å²) in [5.74, 6) is 1.05. The Balaban J connectivity index is 2.67. The van der Waals surface area contributed by atoms with Crippen molar-refractivity contribution in [2.45, 2.75) is 33.2 Å². The second-order valence-corrected chi connectivity index (χ2v) is 4.15. The molecule has 0 saturated carbocycles. The van der Waals surface area contributed by atoms with Gasteiger partial charge in [0.25, 0.3) is 0 Å². The second kappa shape index (κ2) is 6.48. The zero-order valence-corrected chi connectivity index (χ0v) is 10.8. The molecule has 90 valence electrons. The van der Waals surface area contributed by atoms with E-state index in [1.807, 2.05) is 6.20 Å². The lowest BCUT2D eigenvalue weighted by Crippen LogP contribution is -2.20. The molecule has 0 aromatic carbocycles. The van der Waals surface area contributed by atoms with Crippen molar-refractivity contribution in [2.24, 2.45) is 0 Å². The van der Waals surface area contributed by atoms with Gasteiger partial charge >= 0.3 is 0 Å². The normalized spacial score (nSPS) is 12.5. The predicted molar refractivity (Wildman–Crippen MR) is 69.9 cm³/mol. The molecule has 1 unspecified atom stereocenters. The topological polar surface area (TPSA) is 28.2 Å². The maximum absolute atomic E-state index is 4.49. The fourth-order valence-electron chi connectivity index (χ4n) is 1.75. The Morgan fingerprint density at radius 3 is 2.62 bits per heavy atom. The quantitative estimate of drug-likeness (QED) is 0.800. The summed E-state index contributed by atoms with van der Waals surface area (Å²) in [6, 6.07) is 4.63. The van der Waals surface area contributed by atoms with Crippen molar-refractivity contribution in [1.82, 2.24) is 10.3 Å². The number of pyridine rings is 1. The van der Waals surface area contributed by atoms with E-state index in [9.17, 15) is 0 Å². The first-order chi connectivity index (χ1) is 7.69. The van der Waals surface area contributed by atoms with Crippen LogP contribution in [0.4, 0.5) is 5.82 Å². The number of hydrogen-bond acceptors (Lipinski definition) is 3. The first-order valence-corrected chi connectivity index (χ1v) is 6.09. The molecule has 3 heteroatoms. The van der Waals surface area contributed by atoms with Crippen LogP contribution in [0.5, 0.6) is 0 Å². The summed E-state index contributed by atoms with van der Waals surface area (Å²) < 4.78 is 0. The molecule has 1 aromatic heterocycles. The van der Waals surface area contributed by atoms with E-state index in [0.717, 1.165) is 25.3 Å². The summed E-state index contributed by atoms with van der Waals surface area (Å²) >= 11 is 0. The van der Waals surface area contributed by atoms with E-state index < -0.39 is 0 Å². The van der Waals surface area contributed by atoms with Crippen molar-refractivity contribution in [2.75, 3.05) is 25.0 Å². The minimum absolute atomic E-state index is 0.378. The molecule has 0 aliphatic carbocycles. The average Bonchev–Trinajstić information content (AvgIpc) is 2.30. The molecule has 1 N–H and O–H groups in total. The average molecular weight is 221 g/mol. The maximum atomic E-state index is 4.49. The molecular formula is C13H23N3. The molecule has 1 rings (SSSR count). The molecule has 0 bridgehead atoms. The van der Waals surface area contributed by atoms with Gasteiger partial charge in [0.05, 0.1) is 0 Å². The highest BCUT2D eigenvalue weighted by Gasteiger charge is 2.05. The molecule has 0 amide bonds. The van der Waals surface area contributed by atoms with Crippen molar-refractivity contribution in [1.29, 1.82) is 0 Å². The van der Waals surface area contributed by atoms with Gasteiger partial charge in [-0.25, -0.2) is 4.98 Å². The van der Waals surface area contributed by atoms with E-state index in [2.05, 4.69) is 55.2 Å². The highest BCUT2D eigenvalue weighted by atomic mass is 15.2. The summed E-state index contributed by atoms with van der Waals surface area (Å²) in [5, 5.41) is 3.38. The molecule has 0 aliphatic rings. The van der Waals surface area contributed by atoms with Gasteiger partial charge in [-0.3, -0.25) is 0 Å². The van der Waals surface area contributed by atoms with Crippen LogP contribution in [-0.4, -0.2) is 25.1 Å². The van der Waals surface area contributed by atoms with Crippen LogP contribution in [0, 0.1) is 0 Å². The van der Waals surface area contributed by atoms with Gasteiger partial charge in [0.2, 0.25) is 0 Å². The standard InChI is InChI=1S/C13H23N3/c1-5-9-16(4)13-8-7-12(10-15-13)11(3)14-6-2/h7-8,10-11,14H,5-6,9H2,1-4H3. The Hall–Kier alpha value is -1.09. The van der Waals surface area contributed by atoms with Gasteiger partial charge in [0.1, 0.15) is 5.82 Å². The molecule has 0 saturated heterocycles. The van der Waals surface area contributed by atoms with Gasteiger partial charge < -0.3 is 10.2 Å². The Bertz CT molecular complexity index is 264. The number of rotatable bonds is 6. The number of nitrogens with one attached hydrogen (secondary N) is 1. The Kier molecular flexibility index (Phi) is 5.26.